The van der Waals surface area contributed by atoms with Gasteiger partial charge in [-0.2, -0.15) is 4.98 Å². The molecule has 0 radical (unpaired) electrons. The van der Waals surface area contributed by atoms with E-state index < -0.39 is 10.0 Å². The van der Waals surface area contributed by atoms with E-state index in [9.17, 15) is 8.42 Å². The maximum Gasteiger partial charge on any atom is 0.261 e. The smallest absolute Gasteiger partial charge is 0.261 e. The van der Waals surface area contributed by atoms with Crippen molar-refractivity contribution >= 4 is 33.2 Å². The number of rotatable bonds is 8. The summed E-state index contributed by atoms with van der Waals surface area (Å²) in [5.74, 6) is 1.23. The van der Waals surface area contributed by atoms with Gasteiger partial charge >= 0.3 is 0 Å². The van der Waals surface area contributed by atoms with Gasteiger partial charge in [0.2, 0.25) is 5.95 Å². The lowest BCUT2D eigenvalue weighted by atomic mass is 10.2. The van der Waals surface area contributed by atoms with Crippen molar-refractivity contribution < 1.29 is 8.42 Å². The Morgan fingerprint density at radius 2 is 1.55 bits per heavy atom. The second kappa shape index (κ2) is 8.91. The minimum absolute atomic E-state index is 0.237. The predicted molar refractivity (Wildman–Crippen MR) is 117 cm³/mol. The first-order valence-electron chi connectivity index (χ1n) is 9.48. The minimum atomic E-state index is -3.63. The molecule has 7 nitrogen and oxygen atoms in total. The van der Waals surface area contributed by atoms with E-state index in [1.54, 1.807) is 36.4 Å². The van der Waals surface area contributed by atoms with Crippen molar-refractivity contribution in [3.63, 3.8) is 0 Å². The highest BCUT2D eigenvalue weighted by Crippen LogP contribution is 2.21. The van der Waals surface area contributed by atoms with E-state index in [0.717, 1.165) is 35.7 Å². The van der Waals surface area contributed by atoms with Crippen LogP contribution in [0.4, 0.5) is 23.1 Å². The average molecular weight is 412 g/mol. The molecule has 0 aliphatic rings. The summed E-state index contributed by atoms with van der Waals surface area (Å²) in [6, 6.07) is 15.7. The third kappa shape index (κ3) is 5.45. The van der Waals surface area contributed by atoms with Gasteiger partial charge in [0.05, 0.1) is 4.90 Å². The molecular weight excluding hydrogens is 386 g/mol. The first-order valence-corrected chi connectivity index (χ1v) is 11.0. The second-order valence-corrected chi connectivity index (χ2v) is 8.24. The zero-order chi connectivity index (χ0) is 20.9. The number of hydrogen-bond donors (Lipinski definition) is 3. The summed E-state index contributed by atoms with van der Waals surface area (Å²) in [6.45, 7) is 6.70. The lowest BCUT2D eigenvalue weighted by Crippen LogP contribution is -2.13. The van der Waals surface area contributed by atoms with E-state index in [4.69, 9.17) is 0 Å². The van der Waals surface area contributed by atoms with Crippen LogP contribution in [0.2, 0.25) is 0 Å². The number of anilines is 4. The van der Waals surface area contributed by atoms with Crippen molar-refractivity contribution in [1.82, 2.24) is 9.97 Å². The Hall–Kier alpha value is -3.13. The standard InChI is InChI=1S/C21H25N5O2S/c1-4-16-6-12-19(13-7-16)29(27,28)26-18-10-8-17(9-11-18)24-21-23-15(3)14-20(25-21)22-5-2/h6-14,26H,4-5H2,1-3H3,(H2,22,23,24,25). The normalized spacial score (nSPS) is 11.1. The molecule has 0 spiro atoms. The number of hydrogen-bond acceptors (Lipinski definition) is 6. The molecule has 3 N–H and O–H groups in total. The lowest BCUT2D eigenvalue weighted by molar-refractivity contribution is 0.601. The second-order valence-electron chi connectivity index (χ2n) is 6.55. The largest absolute Gasteiger partial charge is 0.370 e. The summed E-state index contributed by atoms with van der Waals surface area (Å²) in [4.78, 5) is 9.02. The molecule has 0 fully saturated rings. The SMILES string of the molecule is CCNc1cc(C)nc(Nc2ccc(NS(=O)(=O)c3ccc(CC)cc3)cc2)n1. The van der Waals surface area contributed by atoms with Crippen LogP contribution in [0.25, 0.3) is 0 Å². The molecule has 0 aliphatic carbocycles. The zero-order valence-corrected chi connectivity index (χ0v) is 17.5. The number of benzene rings is 2. The van der Waals surface area contributed by atoms with Crippen molar-refractivity contribution in [2.24, 2.45) is 0 Å². The topological polar surface area (TPSA) is 96.0 Å². The number of nitrogens with one attached hydrogen (secondary N) is 3. The molecule has 0 amide bonds. The molecule has 1 aromatic heterocycles. The molecule has 0 aliphatic heterocycles. The Bertz CT molecular complexity index is 1070. The monoisotopic (exact) mass is 411 g/mol. The summed E-state index contributed by atoms with van der Waals surface area (Å²) >= 11 is 0. The molecule has 2 aromatic carbocycles. The molecule has 0 atom stereocenters. The molecule has 3 aromatic rings. The molecule has 0 unspecified atom stereocenters. The van der Waals surface area contributed by atoms with Gasteiger partial charge in [-0.15, -0.1) is 0 Å². The van der Waals surface area contributed by atoms with Crippen LogP contribution in [0.5, 0.6) is 0 Å². The fourth-order valence-electron chi connectivity index (χ4n) is 2.77. The van der Waals surface area contributed by atoms with Crippen LogP contribution in [-0.2, 0) is 16.4 Å². The van der Waals surface area contributed by atoms with Crippen molar-refractivity contribution in [3.05, 3.63) is 65.9 Å². The van der Waals surface area contributed by atoms with Gasteiger partial charge in [-0.3, -0.25) is 4.72 Å². The van der Waals surface area contributed by atoms with E-state index in [0.29, 0.717) is 11.6 Å². The van der Waals surface area contributed by atoms with Crippen LogP contribution < -0.4 is 15.4 Å². The van der Waals surface area contributed by atoms with Crippen LogP contribution >= 0.6 is 0 Å². The Morgan fingerprint density at radius 3 is 2.17 bits per heavy atom. The molecule has 0 bridgehead atoms. The van der Waals surface area contributed by atoms with Crippen LogP contribution in [0.3, 0.4) is 0 Å². The van der Waals surface area contributed by atoms with E-state index in [2.05, 4.69) is 25.3 Å². The van der Waals surface area contributed by atoms with E-state index in [1.165, 1.54) is 0 Å². The van der Waals surface area contributed by atoms with Crippen molar-refractivity contribution in [1.29, 1.82) is 0 Å². The maximum atomic E-state index is 12.6. The quantitative estimate of drug-likeness (QED) is 0.511. The van der Waals surface area contributed by atoms with Gasteiger partial charge in [0, 0.05) is 29.7 Å². The zero-order valence-electron chi connectivity index (χ0n) is 16.7. The Kier molecular flexibility index (Phi) is 6.33. The minimum Gasteiger partial charge on any atom is -0.370 e. The van der Waals surface area contributed by atoms with Crippen LogP contribution in [0.15, 0.2) is 59.5 Å². The van der Waals surface area contributed by atoms with Gasteiger partial charge < -0.3 is 10.6 Å². The summed E-state index contributed by atoms with van der Waals surface area (Å²) < 4.78 is 27.7. The third-order valence-corrected chi connectivity index (χ3v) is 5.64. The molecule has 3 rings (SSSR count). The van der Waals surface area contributed by atoms with E-state index in [-0.39, 0.29) is 4.90 Å². The third-order valence-electron chi connectivity index (χ3n) is 4.25. The highest BCUT2D eigenvalue weighted by molar-refractivity contribution is 7.92. The average Bonchev–Trinajstić information content (AvgIpc) is 2.69. The van der Waals surface area contributed by atoms with E-state index >= 15 is 0 Å². The number of nitrogens with zero attached hydrogens (tertiary/aromatic N) is 2. The first-order chi connectivity index (χ1) is 13.9. The first kappa shape index (κ1) is 20.6. The Balaban J connectivity index is 1.71. The molecule has 1 heterocycles. The summed E-state index contributed by atoms with van der Waals surface area (Å²) in [6.07, 6.45) is 0.864. The van der Waals surface area contributed by atoms with Gasteiger partial charge in [0.15, 0.2) is 0 Å². The number of aromatic nitrogens is 2. The highest BCUT2D eigenvalue weighted by Gasteiger charge is 2.14. The van der Waals surface area contributed by atoms with Crippen molar-refractivity contribution in [3.8, 4) is 0 Å². The van der Waals surface area contributed by atoms with Gasteiger partial charge in [-0.25, -0.2) is 13.4 Å². The summed E-state index contributed by atoms with van der Waals surface area (Å²) in [5.41, 5.74) is 3.17. The molecule has 0 saturated carbocycles. The highest BCUT2D eigenvalue weighted by atomic mass is 32.2. The number of sulfonamides is 1. The molecule has 152 valence electrons. The summed E-state index contributed by atoms with van der Waals surface area (Å²) in [7, 11) is -3.63. The molecule has 8 heteroatoms. The van der Waals surface area contributed by atoms with Gasteiger partial charge in [-0.05, 0) is 62.2 Å². The van der Waals surface area contributed by atoms with Gasteiger partial charge in [0.1, 0.15) is 5.82 Å². The lowest BCUT2D eigenvalue weighted by Gasteiger charge is -2.11. The van der Waals surface area contributed by atoms with Crippen LogP contribution in [0.1, 0.15) is 25.1 Å². The van der Waals surface area contributed by atoms with E-state index in [1.807, 2.05) is 39.0 Å². The van der Waals surface area contributed by atoms with Gasteiger partial charge in [-0.1, -0.05) is 19.1 Å². The summed E-state index contributed by atoms with van der Waals surface area (Å²) in [5, 5.41) is 6.30. The fourth-order valence-corrected chi connectivity index (χ4v) is 3.82. The number of aryl methyl sites for hydroxylation is 2. The molecule has 29 heavy (non-hydrogen) atoms. The van der Waals surface area contributed by atoms with Gasteiger partial charge in [0.25, 0.3) is 10.0 Å². The van der Waals surface area contributed by atoms with Crippen LogP contribution in [-0.4, -0.2) is 24.9 Å². The Morgan fingerprint density at radius 1 is 0.897 bits per heavy atom. The van der Waals surface area contributed by atoms with Crippen LogP contribution in [0, 0.1) is 6.92 Å². The van der Waals surface area contributed by atoms with Crippen molar-refractivity contribution in [2.75, 3.05) is 21.9 Å². The maximum absolute atomic E-state index is 12.6. The molecule has 0 saturated heterocycles. The molecular formula is C21H25N5O2S. The predicted octanol–water partition coefficient (Wildman–Crippen LogP) is 4.32. The fraction of sp³-hybridized carbons (Fsp3) is 0.238. The van der Waals surface area contributed by atoms with Crippen molar-refractivity contribution in [2.45, 2.75) is 32.1 Å². The Labute approximate surface area is 171 Å².